The van der Waals surface area contributed by atoms with Crippen LogP contribution in [0.25, 0.3) is 0 Å². The van der Waals surface area contributed by atoms with E-state index in [4.69, 9.17) is 4.42 Å². The molecule has 0 aliphatic carbocycles. The van der Waals surface area contributed by atoms with Gasteiger partial charge in [0.15, 0.2) is 0 Å². The van der Waals surface area contributed by atoms with Crippen molar-refractivity contribution in [3.63, 3.8) is 0 Å². The van der Waals surface area contributed by atoms with Crippen molar-refractivity contribution in [2.45, 2.75) is 65.5 Å². The summed E-state index contributed by atoms with van der Waals surface area (Å²) >= 11 is 0. The number of furan rings is 1. The molecule has 0 saturated carbocycles. The van der Waals surface area contributed by atoms with E-state index in [1.807, 2.05) is 36.4 Å². The van der Waals surface area contributed by atoms with Crippen molar-refractivity contribution < 1.29 is 9.21 Å². The molecular formula is C32H41N5O2. The van der Waals surface area contributed by atoms with Gasteiger partial charge in [-0.25, -0.2) is 0 Å². The fourth-order valence-corrected chi connectivity index (χ4v) is 5.98. The smallest absolute Gasteiger partial charge is 0.257 e. The van der Waals surface area contributed by atoms with Gasteiger partial charge in [0.05, 0.1) is 23.1 Å². The van der Waals surface area contributed by atoms with Crippen LogP contribution in [0.15, 0.2) is 53.4 Å². The van der Waals surface area contributed by atoms with E-state index in [1.165, 1.54) is 24.9 Å². The van der Waals surface area contributed by atoms with Gasteiger partial charge in [0.25, 0.3) is 5.91 Å². The quantitative estimate of drug-likeness (QED) is 0.409. The highest BCUT2D eigenvalue weighted by Crippen LogP contribution is 2.33. The largest absolute Gasteiger partial charge is 0.469 e. The number of carbonyl (C=O) groups excluding carboxylic acids is 1. The lowest BCUT2D eigenvalue weighted by Crippen LogP contribution is -2.54. The monoisotopic (exact) mass is 527 g/mol. The van der Waals surface area contributed by atoms with E-state index in [0.29, 0.717) is 42.9 Å². The Morgan fingerprint density at radius 1 is 1.15 bits per heavy atom. The minimum absolute atomic E-state index is 0.0145. The Labute approximate surface area is 233 Å². The molecule has 5 rings (SSSR count). The molecule has 2 unspecified atom stereocenters. The maximum absolute atomic E-state index is 12.8. The maximum atomic E-state index is 12.8. The number of likely N-dealkylation sites (tertiary alicyclic amines) is 1. The summed E-state index contributed by atoms with van der Waals surface area (Å²) in [4.78, 5) is 23.5. The number of benzene rings is 1. The van der Waals surface area contributed by atoms with E-state index in [1.54, 1.807) is 12.3 Å². The molecule has 7 heteroatoms. The molecule has 2 saturated heterocycles. The Kier molecular flexibility index (Phi) is 9.08. The first-order valence-corrected chi connectivity index (χ1v) is 14.0. The lowest BCUT2D eigenvalue weighted by Gasteiger charge is -2.41. The molecule has 0 radical (unpaired) electrons. The second kappa shape index (κ2) is 12.5. The zero-order chi connectivity index (χ0) is 28.1. The topological polar surface area (TPSA) is 76.6 Å². The third-order valence-corrected chi connectivity index (χ3v) is 8.04. The summed E-state index contributed by atoms with van der Waals surface area (Å²) in [6, 6.07) is 13.2. The second-order valence-corrected chi connectivity index (χ2v) is 11.1. The first-order valence-electron chi connectivity index (χ1n) is 14.0. The van der Waals surface area contributed by atoms with Crippen molar-refractivity contribution >= 4 is 11.6 Å². The second-order valence-electron chi connectivity index (χ2n) is 11.1. The highest BCUT2D eigenvalue weighted by molar-refractivity contribution is 5.95. The van der Waals surface area contributed by atoms with Crippen LogP contribution in [0.2, 0.25) is 0 Å². The van der Waals surface area contributed by atoms with E-state index in [0.717, 1.165) is 22.4 Å². The number of carbonyl (C=O) groups is 1. The lowest BCUT2D eigenvalue weighted by atomic mass is 9.91. The number of aryl methyl sites for hydroxylation is 2. The third kappa shape index (κ3) is 6.17. The van der Waals surface area contributed by atoms with Gasteiger partial charge in [-0.3, -0.25) is 14.7 Å². The highest BCUT2D eigenvalue weighted by atomic mass is 16.3. The van der Waals surface area contributed by atoms with Crippen LogP contribution in [-0.2, 0) is 0 Å². The van der Waals surface area contributed by atoms with Crippen LogP contribution in [-0.4, -0.2) is 60.0 Å². The van der Waals surface area contributed by atoms with Gasteiger partial charge in [0.1, 0.15) is 11.8 Å². The summed E-state index contributed by atoms with van der Waals surface area (Å²) in [6.45, 7) is 13.4. The van der Waals surface area contributed by atoms with Gasteiger partial charge in [-0.15, -0.1) is 0 Å². The first-order chi connectivity index (χ1) is 18.7. The summed E-state index contributed by atoms with van der Waals surface area (Å²) < 4.78 is 5.29. The number of anilines is 1. The summed E-state index contributed by atoms with van der Waals surface area (Å²) in [5, 5.41) is 9.81. The molecule has 206 valence electrons. The van der Waals surface area contributed by atoms with Gasteiger partial charge >= 0.3 is 0 Å². The van der Waals surface area contributed by atoms with E-state index in [9.17, 15) is 10.1 Å². The number of hydrogen-bond acceptors (Lipinski definition) is 6. The van der Waals surface area contributed by atoms with Crippen molar-refractivity contribution in [3.05, 3.63) is 82.6 Å². The van der Waals surface area contributed by atoms with E-state index in [-0.39, 0.29) is 11.9 Å². The first kappa shape index (κ1) is 28.4. The average molecular weight is 528 g/mol. The number of nitrogens with zero attached hydrogens (tertiary/aromatic N) is 5. The van der Waals surface area contributed by atoms with Crippen LogP contribution >= 0.6 is 0 Å². The number of hydrogen-bond donors (Lipinski definition) is 0. The number of nitriles is 1. The van der Waals surface area contributed by atoms with Gasteiger partial charge < -0.3 is 14.2 Å². The van der Waals surface area contributed by atoms with Gasteiger partial charge in [0, 0.05) is 44.1 Å². The maximum Gasteiger partial charge on any atom is 0.257 e. The molecule has 0 bridgehead atoms. The number of pyridine rings is 1. The van der Waals surface area contributed by atoms with Crippen LogP contribution in [0.1, 0.15) is 83.9 Å². The molecule has 7 nitrogen and oxygen atoms in total. The Bertz CT molecular complexity index is 1310. The normalized spacial score (nSPS) is 19.5. The summed E-state index contributed by atoms with van der Waals surface area (Å²) in [5.41, 5.74) is 6.01. The average Bonchev–Trinajstić information content (AvgIpc) is 3.56. The van der Waals surface area contributed by atoms with Crippen LogP contribution in [0, 0.1) is 25.2 Å². The fourth-order valence-electron chi connectivity index (χ4n) is 5.98. The third-order valence-electron chi connectivity index (χ3n) is 8.04. The Hall–Kier alpha value is -3.63. The van der Waals surface area contributed by atoms with Gasteiger partial charge in [-0.05, 0) is 88.0 Å². The molecule has 1 amide bonds. The number of piperazine rings is 1. The van der Waals surface area contributed by atoms with Gasteiger partial charge in [-0.2, -0.15) is 5.26 Å². The minimum atomic E-state index is 0.0145. The van der Waals surface area contributed by atoms with Crippen molar-refractivity contribution in [2.24, 2.45) is 0 Å². The molecule has 0 N–H and O–H groups in total. The summed E-state index contributed by atoms with van der Waals surface area (Å²) in [5.74, 6) is 0.964. The summed E-state index contributed by atoms with van der Waals surface area (Å²) in [7, 11) is 2.19. The molecule has 4 heterocycles. The molecule has 1 aromatic carbocycles. The molecule has 2 fully saturated rings. The van der Waals surface area contributed by atoms with Gasteiger partial charge in [0.2, 0.25) is 0 Å². The van der Waals surface area contributed by atoms with E-state index < -0.39 is 0 Å². The fraction of sp³-hybridized carbons (Fsp3) is 0.469. The zero-order valence-corrected chi connectivity index (χ0v) is 24.1. The SMILES string of the molecule is CN1CCCC1c1cccnc1.Cc1ccc(N2CCN(C(=O)c3ccoc3C)C(C)C2)c(C#N)c1C(C)C. The van der Waals surface area contributed by atoms with Gasteiger partial charge in [-0.1, -0.05) is 26.0 Å². The summed E-state index contributed by atoms with van der Waals surface area (Å²) in [6.07, 6.45) is 7.96. The van der Waals surface area contributed by atoms with Crippen LogP contribution in [0.4, 0.5) is 5.69 Å². The molecule has 2 aromatic heterocycles. The number of rotatable bonds is 4. The molecule has 2 atom stereocenters. The predicted molar refractivity (Wildman–Crippen MR) is 155 cm³/mol. The van der Waals surface area contributed by atoms with Crippen molar-refractivity contribution in [1.82, 2.24) is 14.8 Å². The van der Waals surface area contributed by atoms with Crippen molar-refractivity contribution in [2.75, 3.05) is 38.1 Å². The Balaban J connectivity index is 0.000000243. The minimum Gasteiger partial charge on any atom is -0.469 e. The number of aromatic nitrogens is 1. The zero-order valence-electron chi connectivity index (χ0n) is 24.1. The molecular weight excluding hydrogens is 486 g/mol. The number of amides is 1. The van der Waals surface area contributed by atoms with Crippen LogP contribution < -0.4 is 4.90 Å². The van der Waals surface area contributed by atoms with Crippen molar-refractivity contribution in [3.8, 4) is 6.07 Å². The van der Waals surface area contributed by atoms with Crippen LogP contribution in [0.5, 0.6) is 0 Å². The predicted octanol–water partition coefficient (Wildman–Crippen LogP) is 6.09. The van der Waals surface area contributed by atoms with E-state index in [2.05, 4.69) is 67.7 Å². The molecule has 0 spiro atoms. The Morgan fingerprint density at radius 2 is 1.95 bits per heavy atom. The Morgan fingerprint density at radius 3 is 2.51 bits per heavy atom. The molecule has 2 aliphatic heterocycles. The molecule has 39 heavy (non-hydrogen) atoms. The lowest BCUT2D eigenvalue weighted by molar-refractivity contribution is 0.0672. The van der Waals surface area contributed by atoms with E-state index >= 15 is 0 Å². The van der Waals surface area contributed by atoms with Crippen molar-refractivity contribution in [1.29, 1.82) is 5.26 Å². The molecule has 2 aliphatic rings. The standard InChI is InChI=1S/C22H27N3O2.C10H14N2/c1-14(2)21-15(3)6-7-20(19(21)12-23)24-9-10-25(16(4)13-24)22(26)18-8-11-27-17(18)5;1-12-7-3-5-10(12)9-4-2-6-11-8-9/h6-8,11,14,16H,9-10,13H2,1-5H3;2,4,6,8,10H,3,5,7H2,1H3. The highest BCUT2D eigenvalue weighted by Gasteiger charge is 2.31. The molecule has 3 aromatic rings. The van der Waals surface area contributed by atoms with Crippen LogP contribution in [0.3, 0.4) is 0 Å².